The maximum atomic E-state index is 4.53. The van der Waals surface area contributed by atoms with Crippen LogP contribution in [-0.4, -0.2) is 36.6 Å². The molecule has 1 atom stereocenters. The zero-order valence-electron chi connectivity index (χ0n) is 10.2. The van der Waals surface area contributed by atoms with Gasteiger partial charge in [0.2, 0.25) is 0 Å². The Labute approximate surface area is 97.9 Å². The van der Waals surface area contributed by atoms with Crippen molar-refractivity contribution in [1.82, 2.24) is 15.2 Å². The Morgan fingerprint density at radius 3 is 3.06 bits per heavy atom. The molecule has 88 valence electrons. The van der Waals surface area contributed by atoms with Crippen LogP contribution in [0.15, 0.2) is 18.2 Å². The maximum absolute atomic E-state index is 4.53. The van der Waals surface area contributed by atoms with Crippen LogP contribution in [0.3, 0.4) is 0 Å². The first-order valence-corrected chi connectivity index (χ1v) is 6.06. The Morgan fingerprint density at radius 2 is 2.38 bits per heavy atom. The molecule has 0 aliphatic carbocycles. The smallest absolute Gasteiger partial charge is 0.0547 e. The largest absolute Gasteiger partial charge is 0.316 e. The molecule has 0 aromatic carbocycles. The molecule has 1 aromatic rings. The summed E-state index contributed by atoms with van der Waals surface area (Å²) in [6.07, 6.45) is 1.31. The first kappa shape index (κ1) is 11.6. The lowest BCUT2D eigenvalue weighted by molar-refractivity contribution is 0.275. The Hall–Kier alpha value is -0.930. The number of aromatic nitrogens is 1. The second-order valence-corrected chi connectivity index (χ2v) is 4.83. The van der Waals surface area contributed by atoms with Crippen molar-refractivity contribution in [3.05, 3.63) is 29.6 Å². The fraction of sp³-hybridized carbons (Fsp3) is 0.615. The van der Waals surface area contributed by atoms with Crippen molar-refractivity contribution in [1.29, 1.82) is 0 Å². The molecule has 0 saturated carbocycles. The Bertz CT molecular complexity index is 332. The van der Waals surface area contributed by atoms with Gasteiger partial charge < -0.3 is 10.2 Å². The van der Waals surface area contributed by atoms with Gasteiger partial charge in [0, 0.05) is 18.8 Å². The first-order chi connectivity index (χ1) is 7.74. The summed E-state index contributed by atoms with van der Waals surface area (Å²) in [6.45, 7) is 6.53. The van der Waals surface area contributed by atoms with Gasteiger partial charge in [-0.15, -0.1) is 0 Å². The normalized spacial score (nSPS) is 20.6. The van der Waals surface area contributed by atoms with E-state index in [1.807, 2.05) is 13.0 Å². The van der Waals surface area contributed by atoms with Crippen LogP contribution < -0.4 is 5.32 Å². The molecule has 0 radical (unpaired) electrons. The fourth-order valence-electron chi connectivity index (χ4n) is 2.34. The van der Waals surface area contributed by atoms with Crippen molar-refractivity contribution in [2.45, 2.75) is 19.9 Å². The fourth-order valence-corrected chi connectivity index (χ4v) is 2.34. The van der Waals surface area contributed by atoms with Crippen molar-refractivity contribution in [3.63, 3.8) is 0 Å². The molecule has 3 nitrogen and oxygen atoms in total. The van der Waals surface area contributed by atoms with Gasteiger partial charge in [-0.25, -0.2) is 0 Å². The van der Waals surface area contributed by atoms with Crippen LogP contribution in [0.25, 0.3) is 0 Å². The molecule has 1 aromatic heterocycles. The Morgan fingerprint density at radius 1 is 1.50 bits per heavy atom. The van der Waals surface area contributed by atoms with Gasteiger partial charge in [-0.05, 0) is 51.5 Å². The predicted octanol–water partition coefficient (Wildman–Crippen LogP) is 1.43. The second kappa shape index (κ2) is 5.41. The predicted molar refractivity (Wildman–Crippen MR) is 66.3 cm³/mol. The molecule has 1 aliphatic heterocycles. The standard InChI is InChI=1S/C13H21N3/c1-11-4-3-5-13(15-11)10-16(2)9-12-6-7-14-8-12/h3-5,12,14H,6-10H2,1-2H3. The van der Waals surface area contributed by atoms with Gasteiger partial charge in [-0.2, -0.15) is 0 Å². The highest BCUT2D eigenvalue weighted by molar-refractivity contribution is 5.09. The summed E-state index contributed by atoms with van der Waals surface area (Å²) in [7, 11) is 2.18. The van der Waals surface area contributed by atoms with Crippen molar-refractivity contribution < 1.29 is 0 Å². The number of rotatable bonds is 4. The molecule has 1 unspecified atom stereocenters. The van der Waals surface area contributed by atoms with Crippen molar-refractivity contribution in [2.75, 3.05) is 26.7 Å². The third-order valence-corrected chi connectivity index (χ3v) is 3.11. The molecule has 0 bridgehead atoms. The lowest BCUT2D eigenvalue weighted by atomic mass is 10.1. The van der Waals surface area contributed by atoms with E-state index in [9.17, 15) is 0 Å². The van der Waals surface area contributed by atoms with Crippen LogP contribution >= 0.6 is 0 Å². The molecule has 1 N–H and O–H groups in total. The molecule has 2 heterocycles. The third-order valence-electron chi connectivity index (χ3n) is 3.11. The first-order valence-electron chi connectivity index (χ1n) is 6.06. The van der Waals surface area contributed by atoms with E-state index in [1.165, 1.54) is 31.7 Å². The summed E-state index contributed by atoms with van der Waals surface area (Å²) in [5.41, 5.74) is 2.28. The molecule has 1 aliphatic rings. The van der Waals surface area contributed by atoms with E-state index < -0.39 is 0 Å². The van der Waals surface area contributed by atoms with Gasteiger partial charge in [-0.3, -0.25) is 4.98 Å². The van der Waals surface area contributed by atoms with Gasteiger partial charge in [0.1, 0.15) is 0 Å². The highest BCUT2D eigenvalue weighted by Gasteiger charge is 2.16. The molecule has 16 heavy (non-hydrogen) atoms. The van der Waals surface area contributed by atoms with Gasteiger partial charge >= 0.3 is 0 Å². The minimum absolute atomic E-state index is 0.815. The average Bonchev–Trinajstić information content (AvgIpc) is 2.70. The summed E-state index contributed by atoms with van der Waals surface area (Å²) in [5.74, 6) is 0.815. The number of nitrogens with one attached hydrogen (secondary N) is 1. The summed E-state index contributed by atoms with van der Waals surface area (Å²) >= 11 is 0. The van der Waals surface area contributed by atoms with Crippen LogP contribution in [-0.2, 0) is 6.54 Å². The van der Waals surface area contributed by atoms with Gasteiger partial charge in [0.25, 0.3) is 0 Å². The molecule has 0 amide bonds. The molecular weight excluding hydrogens is 198 g/mol. The van der Waals surface area contributed by atoms with E-state index in [-0.39, 0.29) is 0 Å². The third kappa shape index (κ3) is 3.29. The summed E-state index contributed by atoms with van der Waals surface area (Å²) in [6, 6.07) is 6.24. The summed E-state index contributed by atoms with van der Waals surface area (Å²) < 4.78 is 0. The van der Waals surface area contributed by atoms with Crippen LogP contribution in [0.4, 0.5) is 0 Å². The Balaban J connectivity index is 1.84. The van der Waals surface area contributed by atoms with Crippen LogP contribution in [0.5, 0.6) is 0 Å². The van der Waals surface area contributed by atoms with Crippen molar-refractivity contribution in [3.8, 4) is 0 Å². The molecular formula is C13H21N3. The number of hydrogen-bond acceptors (Lipinski definition) is 3. The molecule has 3 heteroatoms. The van der Waals surface area contributed by atoms with Gasteiger partial charge in [0.05, 0.1) is 5.69 Å². The van der Waals surface area contributed by atoms with E-state index in [0.717, 1.165) is 18.2 Å². The van der Waals surface area contributed by atoms with Crippen molar-refractivity contribution >= 4 is 0 Å². The van der Waals surface area contributed by atoms with E-state index in [0.29, 0.717) is 0 Å². The Kier molecular flexibility index (Phi) is 3.91. The maximum Gasteiger partial charge on any atom is 0.0547 e. The van der Waals surface area contributed by atoms with Crippen LogP contribution in [0, 0.1) is 12.8 Å². The van der Waals surface area contributed by atoms with Crippen LogP contribution in [0.1, 0.15) is 17.8 Å². The SMILES string of the molecule is Cc1cccc(CN(C)CC2CCNC2)n1. The molecule has 2 rings (SSSR count). The number of aryl methyl sites for hydroxylation is 1. The van der Waals surface area contributed by atoms with E-state index >= 15 is 0 Å². The highest BCUT2D eigenvalue weighted by Crippen LogP contribution is 2.10. The van der Waals surface area contributed by atoms with E-state index in [1.54, 1.807) is 0 Å². The zero-order chi connectivity index (χ0) is 11.4. The van der Waals surface area contributed by atoms with Gasteiger partial charge in [0.15, 0.2) is 0 Å². The summed E-state index contributed by atoms with van der Waals surface area (Å²) in [5, 5.41) is 3.41. The van der Waals surface area contributed by atoms with Crippen LogP contribution in [0.2, 0.25) is 0 Å². The summed E-state index contributed by atoms with van der Waals surface area (Å²) in [4.78, 5) is 6.90. The second-order valence-electron chi connectivity index (χ2n) is 4.83. The van der Waals surface area contributed by atoms with E-state index in [4.69, 9.17) is 0 Å². The topological polar surface area (TPSA) is 28.2 Å². The zero-order valence-corrected chi connectivity index (χ0v) is 10.2. The number of hydrogen-bond donors (Lipinski definition) is 1. The monoisotopic (exact) mass is 219 g/mol. The molecule has 0 spiro atoms. The van der Waals surface area contributed by atoms with E-state index in [2.05, 4.69) is 34.4 Å². The average molecular weight is 219 g/mol. The van der Waals surface area contributed by atoms with Crippen molar-refractivity contribution in [2.24, 2.45) is 5.92 Å². The lowest BCUT2D eigenvalue weighted by Gasteiger charge is -2.20. The molecule has 1 saturated heterocycles. The lowest BCUT2D eigenvalue weighted by Crippen LogP contribution is -2.27. The number of nitrogens with zero attached hydrogens (tertiary/aromatic N) is 2. The molecule has 1 fully saturated rings. The van der Waals surface area contributed by atoms with Gasteiger partial charge in [-0.1, -0.05) is 6.07 Å². The quantitative estimate of drug-likeness (QED) is 0.830. The highest BCUT2D eigenvalue weighted by atomic mass is 15.1. The number of pyridine rings is 1. The minimum Gasteiger partial charge on any atom is -0.316 e. The minimum atomic E-state index is 0.815.